The summed E-state index contributed by atoms with van der Waals surface area (Å²) in [4.78, 5) is 20.3. The molecule has 5 rings (SSSR count). The average Bonchev–Trinajstić information content (AvgIpc) is 3.58. The van der Waals surface area contributed by atoms with Crippen LogP contribution in [0.1, 0.15) is 31.2 Å². The summed E-state index contributed by atoms with van der Waals surface area (Å²) in [7, 11) is -3.61. The zero-order valence-corrected chi connectivity index (χ0v) is 23.0. The molecule has 12 heteroatoms. The van der Waals surface area contributed by atoms with Gasteiger partial charge < -0.3 is 4.74 Å². The Morgan fingerprint density at radius 2 is 1.97 bits per heavy atom. The number of ether oxygens (including phenoxy) is 1. The molecule has 4 heterocycles. The van der Waals surface area contributed by atoms with Crippen molar-refractivity contribution in [3.05, 3.63) is 39.2 Å². The number of nitrogens with zero attached hydrogens (tertiary/aromatic N) is 3. The average molecular weight is 575 g/mol. The molecule has 0 saturated carbocycles. The normalized spacial score (nSPS) is 20.0. The van der Waals surface area contributed by atoms with Crippen molar-refractivity contribution in [3.63, 3.8) is 0 Å². The van der Waals surface area contributed by atoms with Crippen LogP contribution in [0.25, 0.3) is 10.2 Å². The lowest BCUT2D eigenvalue weighted by Gasteiger charge is -2.33. The number of sulfonamides is 1. The minimum Gasteiger partial charge on any atom is -0.376 e. The van der Waals surface area contributed by atoms with E-state index in [2.05, 4.69) is 0 Å². The fraction of sp³-hybridized carbons (Fsp3) is 0.478. The van der Waals surface area contributed by atoms with Crippen molar-refractivity contribution < 1.29 is 17.9 Å². The molecule has 1 amide bonds. The first-order chi connectivity index (χ1) is 16.7. The van der Waals surface area contributed by atoms with Gasteiger partial charge in [-0.15, -0.1) is 11.3 Å². The zero-order chi connectivity index (χ0) is 24.7. The molecular weight excluding hydrogens is 549 g/mol. The van der Waals surface area contributed by atoms with Gasteiger partial charge in [0.25, 0.3) is 10.0 Å². The second-order valence-corrected chi connectivity index (χ2v) is 14.2. The number of carbonyl (C=O) groups is 1. The van der Waals surface area contributed by atoms with Crippen LogP contribution in [-0.2, 0) is 19.6 Å². The van der Waals surface area contributed by atoms with Crippen molar-refractivity contribution in [2.45, 2.75) is 42.9 Å². The Morgan fingerprint density at radius 3 is 2.63 bits per heavy atom. The lowest BCUT2D eigenvalue weighted by Crippen LogP contribution is -2.46. The summed E-state index contributed by atoms with van der Waals surface area (Å²) in [6.45, 7) is 3.68. The fourth-order valence-electron chi connectivity index (χ4n) is 4.64. The van der Waals surface area contributed by atoms with Crippen LogP contribution in [0, 0.1) is 12.8 Å². The molecule has 0 aliphatic carbocycles. The Morgan fingerprint density at radius 1 is 1.20 bits per heavy atom. The molecule has 7 nitrogen and oxygen atoms in total. The van der Waals surface area contributed by atoms with E-state index >= 15 is 0 Å². The first-order valence-corrected chi connectivity index (χ1v) is 15.3. The first-order valence-electron chi connectivity index (χ1n) is 11.5. The number of benzene rings is 1. The maximum Gasteiger partial charge on any atom is 0.252 e. The number of carbonyl (C=O) groups excluding carboxylic acids is 1. The smallest absolute Gasteiger partial charge is 0.252 e. The number of anilines is 1. The van der Waals surface area contributed by atoms with Crippen LogP contribution in [0.15, 0.2) is 28.5 Å². The van der Waals surface area contributed by atoms with Gasteiger partial charge >= 0.3 is 0 Å². The number of halogens is 2. The molecule has 1 unspecified atom stereocenters. The maximum atomic E-state index is 13.8. The van der Waals surface area contributed by atoms with Gasteiger partial charge in [0, 0.05) is 30.6 Å². The van der Waals surface area contributed by atoms with Crippen molar-refractivity contribution in [1.29, 1.82) is 0 Å². The minimum atomic E-state index is -3.61. The third-order valence-corrected chi connectivity index (χ3v) is 11.3. The monoisotopic (exact) mass is 573 g/mol. The van der Waals surface area contributed by atoms with Crippen LogP contribution in [0.3, 0.4) is 0 Å². The summed E-state index contributed by atoms with van der Waals surface area (Å²) in [5, 5.41) is 1.27. The Kier molecular flexibility index (Phi) is 7.43. The van der Waals surface area contributed by atoms with Crippen molar-refractivity contribution in [1.82, 2.24) is 9.29 Å². The molecule has 0 bridgehead atoms. The van der Waals surface area contributed by atoms with Gasteiger partial charge in [0.1, 0.15) is 4.21 Å². The molecule has 35 heavy (non-hydrogen) atoms. The van der Waals surface area contributed by atoms with Crippen molar-refractivity contribution in [2.24, 2.45) is 5.92 Å². The van der Waals surface area contributed by atoms with E-state index in [0.717, 1.165) is 40.0 Å². The number of thiophene rings is 1. The van der Waals surface area contributed by atoms with Crippen molar-refractivity contribution >= 4 is 77.2 Å². The molecule has 0 spiro atoms. The highest BCUT2D eigenvalue weighted by molar-refractivity contribution is 7.91. The number of hydrogen-bond donors (Lipinski definition) is 0. The maximum absolute atomic E-state index is 13.8. The number of rotatable bonds is 6. The molecule has 2 fully saturated rings. The number of piperidine rings is 1. The van der Waals surface area contributed by atoms with E-state index in [1.54, 1.807) is 11.0 Å². The third kappa shape index (κ3) is 5.25. The topological polar surface area (TPSA) is 79.8 Å². The fourth-order valence-corrected chi connectivity index (χ4v) is 9.18. The lowest BCUT2D eigenvalue weighted by atomic mass is 9.96. The van der Waals surface area contributed by atoms with E-state index in [4.69, 9.17) is 32.9 Å². The molecule has 188 valence electrons. The molecule has 2 saturated heterocycles. The molecule has 0 N–H and O–H groups in total. The second kappa shape index (κ2) is 10.2. The van der Waals surface area contributed by atoms with Crippen LogP contribution >= 0.6 is 45.9 Å². The van der Waals surface area contributed by atoms with Gasteiger partial charge in [-0.2, -0.15) is 4.31 Å². The number of aromatic nitrogens is 1. The van der Waals surface area contributed by atoms with Gasteiger partial charge in [0.05, 0.1) is 27.2 Å². The summed E-state index contributed by atoms with van der Waals surface area (Å²) < 4.78 is 34.8. The van der Waals surface area contributed by atoms with E-state index in [1.165, 1.54) is 21.7 Å². The predicted octanol–water partition coefficient (Wildman–Crippen LogP) is 5.59. The number of thiazole rings is 1. The van der Waals surface area contributed by atoms with Gasteiger partial charge in [0.15, 0.2) is 5.13 Å². The Bertz CT molecular complexity index is 1340. The lowest BCUT2D eigenvalue weighted by molar-refractivity contribution is -0.123. The molecule has 2 aromatic heterocycles. The zero-order valence-electron chi connectivity index (χ0n) is 19.1. The summed E-state index contributed by atoms with van der Waals surface area (Å²) >= 11 is 14.7. The molecule has 1 aromatic carbocycles. The van der Waals surface area contributed by atoms with Gasteiger partial charge in [0.2, 0.25) is 5.91 Å². The Balaban J connectivity index is 1.36. The standard InChI is InChI=1S/C23H25Cl2N3O4S3/c1-14-11-16(24)12-18-21(14)26-23(33-18)28(13-17-3-2-10-32-17)22(29)15-6-8-27(9-7-15)35(30,31)20-5-4-19(25)34-20/h4-5,11-12,15,17H,2-3,6-10,13H2,1H3. The van der Waals surface area contributed by atoms with Gasteiger partial charge in [-0.25, -0.2) is 13.4 Å². The second-order valence-electron chi connectivity index (χ2n) is 8.89. The highest BCUT2D eigenvalue weighted by Gasteiger charge is 2.36. The Hall–Kier alpha value is -1.27. The highest BCUT2D eigenvalue weighted by Crippen LogP contribution is 2.36. The molecule has 1 atom stereocenters. The number of fused-ring (bicyclic) bond motifs is 1. The van der Waals surface area contributed by atoms with Crippen LogP contribution in [-0.4, -0.2) is 56.0 Å². The van der Waals surface area contributed by atoms with Gasteiger partial charge in [-0.3, -0.25) is 9.69 Å². The van der Waals surface area contributed by atoms with E-state index in [-0.39, 0.29) is 35.2 Å². The van der Waals surface area contributed by atoms with Crippen LogP contribution in [0.2, 0.25) is 9.36 Å². The SMILES string of the molecule is Cc1cc(Cl)cc2sc(N(CC3CCCO3)C(=O)C3CCN(S(=O)(=O)c4ccc(Cl)s4)CC3)nc12. The number of amides is 1. The van der Waals surface area contributed by atoms with E-state index in [0.29, 0.717) is 40.5 Å². The third-order valence-electron chi connectivity index (χ3n) is 6.49. The van der Waals surface area contributed by atoms with Crippen LogP contribution < -0.4 is 4.90 Å². The molecule has 2 aliphatic heterocycles. The van der Waals surface area contributed by atoms with Crippen LogP contribution in [0.5, 0.6) is 0 Å². The largest absolute Gasteiger partial charge is 0.376 e. The minimum absolute atomic E-state index is 0.0281. The van der Waals surface area contributed by atoms with E-state index in [9.17, 15) is 13.2 Å². The van der Waals surface area contributed by atoms with Crippen molar-refractivity contribution in [3.8, 4) is 0 Å². The molecular formula is C23H25Cl2N3O4S3. The van der Waals surface area contributed by atoms with Crippen LogP contribution in [0.4, 0.5) is 5.13 Å². The van der Waals surface area contributed by atoms with Gasteiger partial charge in [-0.05, 0) is 62.4 Å². The van der Waals surface area contributed by atoms with Gasteiger partial charge in [-0.1, -0.05) is 34.5 Å². The summed E-state index contributed by atoms with van der Waals surface area (Å²) in [5.41, 5.74) is 1.81. The highest BCUT2D eigenvalue weighted by atomic mass is 35.5. The van der Waals surface area contributed by atoms with Crippen molar-refractivity contribution in [2.75, 3.05) is 31.1 Å². The van der Waals surface area contributed by atoms with E-state index in [1.807, 2.05) is 19.1 Å². The Labute approximate surface area is 222 Å². The molecule has 0 radical (unpaired) electrons. The first kappa shape index (κ1) is 25.4. The quantitative estimate of drug-likeness (QED) is 0.384. The summed E-state index contributed by atoms with van der Waals surface area (Å²) in [6, 6.07) is 6.87. The number of hydrogen-bond acceptors (Lipinski definition) is 7. The number of aryl methyl sites for hydroxylation is 1. The summed E-state index contributed by atoms with van der Waals surface area (Å²) in [5.74, 6) is -0.314. The molecule has 3 aromatic rings. The molecule has 2 aliphatic rings. The summed E-state index contributed by atoms with van der Waals surface area (Å²) in [6.07, 6.45) is 2.76. The van der Waals surface area contributed by atoms with E-state index < -0.39 is 10.0 Å². The predicted molar refractivity (Wildman–Crippen MR) is 142 cm³/mol.